The monoisotopic (exact) mass is 402 g/mol. The molecule has 1 atom stereocenters. The smallest absolute Gasteiger partial charge is 0.131 e. The van der Waals surface area contributed by atoms with Crippen LogP contribution in [0.3, 0.4) is 0 Å². The molecule has 0 bridgehead atoms. The van der Waals surface area contributed by atoms with Gasteiger partial charge in [0.25, 0.3) is 0 Å². The number of pyridine rings is 1. The van der Waals surface area contributed by atoms with Crippen molar-refractivity contribution in [3.05, 3.63) is 64.6 Å². The molecule has 142 valence electrons. The van der Waals surface area contributed by atoms with Crippen LogP contribution in [-0.4, -0.2) is 4.98 Å². The Balaban J connectivity index is 0.00000210. The highest BCUT2D eigenvalue weighted by Crippen LogP contribution is 2.43. The highest BCUT2D eigenvalue weighted by atomic mass is 35.5. The van der Waals surface area contributed by atoms with Crippen LogP contribution in [0, 0.1) is 17.2 Å². The third kappa shape index (κ3) is 3.70. The minimum Gasteiger partial charge on any atom is -1.00 e. The first-order valence-corrected chi connectivity index (χ1v) is 9.58. The van der Waals surface area contributed by atoms with Crippen molar-refractivity contribution in [2.24, 2.45) is 11.3 Å². The molecule has 27 heavy (non-hydrogen) atoms. The van der Waals surface area contributed by atoms with E-state index in [9.17, 15) is 4.39 Å². The van der Waals surface area contributed by atoms with Crippen LogP contribution in [0.15, 0.2) is 42.5 Å². The zero-order chi connectivity index (χ0) is 18.5. The first kappa shape index (κ1) is 20.1. The summed E-state index contributed by atoms with van der Waals surface area (Å²) in [6.45, 7) is 6.87. The van der Waals surface area contributed by atoms with E-state index in [4.69, 9.17) is 16.6 Å². The fraction of sp³-hybridized carbons (Fsp3) is 0.348. The van der Waals surface area contributed by atoms with Crippen molar-refractivity contribution in [1.29, 1.82) is 0 Å². The van der Waals surface area contributed by atoms with Crippen molar-refractivity contribution in [3.8, 4) is 11.1 Å². The number of fused-ring (bicyclic) bond motifs is 2. The molecule has 0 saturated carbocycles. The molecule has 1 heterocycles. The molecule has 1 unspecified atom stereocenters. The normalized spacial score (nSPS) is 16.7. The minimum atomic E-state index is -0.194. The predicted octanol–water partition coefficient (Wildman–Crippen LogP) is 3.85. The lowest BCUT2D eigenvalue weighted by molar-refractivity contribution is -0.00000638. The van der Waals surface area contributed by atoms with Gasteiger partial charge in [0.05, 0.1) is 5.52 Å². The first-order chi connectivity index (χ1) is 12.3. The molecule has 2 aromatic carbocycles. The van der Waals surface area contributed by atoms with E-state index in [0.29, 0.717) is 16.5 Å². The summed E-state index contributed by atoms with van der Waals surface area (Å²) in [5.74, 6) is 0.360. The average molecular weight is 403 g/mol. The van der Waals surface area contributed by atoms with Crippen molar-refractivity contribution in [3.63, 3.8) is 0 Å². The van der Waals surface area contributed by atoms with Crippen molar-refractivity contribution in [2.75, 3.05) is 0 Å². The van der Waals surface area contributed by atoms with E-state index in [1.807, 2.05) is 30.3 Å². The predicted molar refractivity (Wildman–Crippen MR) is 107 cm³/mol. The first-order valence-electron chi connectivity index (χ1n) is 9.20. The maximum Gasteiger partial charge on any atom is 0.131 e. The maximum atomic E-state index is 14.8. The number of halogens is 3. The van der Waals surface area contributed by atoms with Crippen LogP contribution in [-0.2, 0) is 12.8 Å². The van der Waals surface area contributed by atoms with Gasteiger partial charge in [-0.3, -0.25) is 4.98 Å². The highest BCUT2D eigenvalue weighted by molar-refractivity contribution is 6.31. The van der Waals surface area contributed by atoms with Crippen LogP contribution in [0.25, 0.3) is 22.0 Å². The van der Waals surface area contributed by atoms with Gasteiger partial charge in [-0.1, -0.05) is 50.6 Å². The number of hydrogen-bond acceptors (Lipinski definition) is 1. The zero-order valence-electron chi connectivity index (χ0n) is 15.8. The van der Waals surface area contributed by atoms with E-state index >= 15 is 0 Å². The Morgan fingerprint density at radius 3 is 2.56 bits per heavy atom. The highest BCUT2D eigenvalue weighted by Gasteiger charge is 2.32. The Morgan fingerprint density at radius 1 is 1.11 bits per heavy atom. The molecular weight excluding hydrogens is 380 g/mol. The summed E-state index contributed by atoms with van der Waals surface area (Å²) in [4.78, 5) is 4.91. The summed E-state index contributed by atoms with van der Waals surface area (Å²) in [6, 6.07) is 12.7. The van der Waals surface area contributed by atoms with Crippen LogP contribution >= 0.6 is 11.6 Å². The number of nitrogens with zero attached hydrogens (tertiary/aromatic N) is 1. The molecule has 0 aliphatic heterocycles. The van der Waals surface area contributed by atoms with Crippen molar-refractivity contribution in [2.45, 2.75) is 40.0 Å². The zero-order valence-corrected chi connectivity index (χ0v) is 17.3. The van der Waals surface area contributed by atoms with E-state index < -0.39 is 0 Å². The van der Waals surface area contributed by atoms with Crippen LogP contribution in [0.4, 0.5) is 4.39 Å². The lowest BCUT2D eigenvalue weighted by atomic mass is 9.70. The Kier molecular flexibility index (Phi) is 5.52. The number of hydrogen-bond donors (Lipinski definition) is 0. The molecule has 0 fully saturated rings. The SMILES string of the molecule is CC(C)(C)C1CCc2nc3ccc(Cl)cc3c(-c3ccccc3F)c2C1.[Cl-]. The van der Waals surface area contributed by atoms with Gasteiger partial charge < -0.3 is 12.4 Å². The number of rotatable bonds is 1. The fourth-order valence-electron chi connectivity index (χ4n) is 4.12. The summed E-state index contributed by atoms with van der Waals surface area (Å²) in [5.41, 5.74) is 5.02. The Morgan fingerprint density at radius 2 is 1.85 bits per heavy atom. The number of benzene rings is 2. The number of aromatic nitrogens is 1. The molecule has 0 saturated heterocycles. The van der Waals surface area contributed by atoms with Crippen LogP contribution in [0.2, 0.25) is 5.02 Å². The molecular formula is C23H23Cl2FN-. The molecule has 1 nitrogen and oxygen atoms in total. The fourth-order valence-corrected chi connectivity index (χ4v) is 4.29. The Bertz CT molecular complexity index is 992. The quantitative estimate of drug-likeness (QED) is 0.602. The van der Waals surface area contributed by atoms with Gasteiger partial charge in [0.1, 0.15) is 5.82 Å². The topological polar surface area (TPSA) is 12.9 Å². The van der Waals surface area contributed by atoms with E-state index in [1.165, 1.54) is 11.6 Å². The minimum absolute atomic E-state index is 0. The molecule has 4 heteroatoms. The summed E-state index contributed by atoms with van der Waals surface area (Å²) < 4.78 is 14.8. The molecule has 0 radical (unpaired) electrons. The lowest BCUT2D eigenvalue weighted by Crippen LogP contribution is -3.00. The van der Waals surface area contributed by atoms with Gasteiger partial charge >= 0.3 is 0 Å². The molecule has 0 N–H and O–H groups in total. The largest absolute Gasteiger partial charge is 1.00 e. The molecule has 4 rings (SSSR count). The summed E-state index contributed by atoms with van der Waals surface area (Å²) in [5, 5.41) is 1.59. The van der Waals surface area contributed by atoms with E-state index in [-0.39, 0.29) is 23.6 Å². The van der Waals surface area contributed by atoms with Crippen LogP contribution in [0.5, 0.6) is 0 Å². The van der Waals surface area contributed by atoms with Crippen molar-refractivity contribution < 1.29 is 16.8 Å². The van der Waals surface area contributed by atoms with Gasteiger partial charge in [0, 0.05) is 21.7 Å². The van der Waals surface area contributed by atoms with E-state index in [0.717, 1.165) is 41.4 Å². The molecule has 3 aromatic rings. The summed E-state index contributed by atoms with van der Waals surface area (Å²) in [6.07, 6.45) is 2.99. The van der Waals surface area contributed by atoms with E-state index in [1.54, 1.807) is 6.07 Å². The van der Waals surface area contributed by atoms with Crippen molar-refractivity contribution in [1.82, 2.24) is 4.98 Å². The Labute approximate surface area is 171 Å². The van der Waals surface area contributed by atoms with Crippen LogP contribution < -0.4 is 12.4 Å². The molecule has 1 aromatic heterocycles. The summed E-state index contributed by atoms with van der Waals surface area (Å²) in [7, 11) is 0. The van der Waals surface area contributed by atoms with Gasteiger partial charge in [-0.2, -0.15) is 0 Å². The van der Waals surface area contributed by atoms with E-state index in [2.05, 4.69) is 20.8 Å². The van der Waals surface area contributed by atoms with Gasteiger partial charge in [-0.15, -0.1) is 0 Å². The third-order valence-electron chi connectivity index (χ3n) is 5.68. The van der Waals surface area contributed by atoms with Gasteiger partial charge in [0.2, 0.25) is 0 Å². The second-order valence-electron chi connectivity index (χ2n) is 8.36. The lowest BCUT2D eigenvalue weighted by Gasteiger charge is -2.35. The average Bonchev–Trinajstić information content (AvgIpc) is 2.59. The Hall–Kier alpha value is -1.64. The van der Waals surface area contributed by atoms with Crippen LogP contribution in [0.1, 0.15) is 38.4 Å². The standard InChI is InChI=1S/C23H23ClFN.ClH/c1-23(2,3)14-8-10-20-17(12-14)22(16-6-4-5-7-19(16)25)18-13-15(24)9-11-21(18)26-20;/h4-7,9,11,13-14H,8,10,12H2,1-3H3;1H/p-1. The maximum absolute atomic E-state index is 14.8. The molecule has 0 amide bonds. The number of aryl methyl sites for hydroxylation is 1. The molecule has 0 spiro atoms. The third-order valence-corrected chi connectivity index (χ3v) is 5.92. The molecule has 1 aliphatic rings. The van der Waals surface area contributed by atoms with Gasteiger partial charge in [-0.05, 0) is 66.0 Å². The second kappa shape index (κ2) is 7.41. The second-order valence-corrected chi connectivity index (χ2v) is 8.80. The molecule has 1 aliphatic carbocycles. The van der Waals surface area contributed by atoms with Crippen molar-refractivity contribution >= 4 is 22.5 Å². The summed E-state index contributed by atoms with van der Waals surface area (Å²) >= 11 is 6.28. The van der Waals surface area contributed by atoms with Gasteiger partial charge in [-0.25, -0.2) is 4.39 Å². The van der Waals surface area contributed by atoms with Gasteiger partial charge in [0.15, 0.2) is 0 Å².